The van der Waals surface area contributed by atoms with Crippen molar-refractivity contribution in [1.29, 1.82) is 0 Å². The summed E-state index contributed by atoms with van der Waals surface area (Å²) in [6, 6.07) is 6.23. The van der Waals surface area contributed by atoms with E-state index in [0.29, 0.717) is 25.9 Å². The molecule has 0 bridgehead atoms. The first-order valence-electron chi connectivity index (χ1n) is 7.96. The first kappa shape index (κ1) is 16.1. The van der Waals surface area contributed by atoms with Crippen molar-refractivity contribution >= 4 is 26.6 Å². The predicted molar refractivity (Wildman–Crippen MR) is 91.2 cm³/mol. The van der Waals surface area contributed by atoms with Gasteiger partial charge in [-0.25, -0.2) is 8.42 Å². The van der Waals surface area contributed by atoms with Gasteiger partial charge in [0, 0.05) is 42.4 Å². The summed E-state index contributed by atoms with van der Waals surface area (Å²) in [6.07, 6.45) is 3.04. The fraction of sp³-hybridized carbons (Fsp3) is 0.471. The second kappa shape index (κ2) is 6.00. The van der Waals surface area contributed by atoms with Crippen LogP contribution in [-0.4, -0.2) is 48.3 Å². The highest BCUT2D eigenvalue weighted by Gasteiger charge is 2.38. The van der Waals surface area contributed by atoms with Gasteiger partial charge in [0.05, 0.1) is 5.25 Å². The topological polar surface area (TPSA) is 70.2 Å². The van der Waals surface area contributed by atoms with E-state index in [9.17, 15) is 13.2 Å². The van der Waals surface area contributed by atoms with E-state index in [4.69, 9.17) is 0 Å². The van der Waals surface area contributed by atoms with Gasteiger partial charge in [-0.1, -0.05) is 18.6 Å². The second-order valence-electron chi connectivity index (χ2n) is 6.24. The molecule has 1 fully saturated rings. The van der Waals surface area contributed by atoms with E-state index < -0.39 is 9.84 Å². The molecular weight excluding hydrogens is 312 g/mol. The molecule has 0 radical (unpaired) electrons. The van der Waals surface area contributed by atoms with Crippen LogP contribution >= 0.6 is 0 Å². The van der Waals surface area contributed by atoms with Gasteiger partial charge in [-0.2, -0.15) is 0 Å². The van der Waals surface area contributed by atoms with Gasteiger partial charge in [0.15, 0.2) is 9.84 Å². The van der Waals surface area contributed by atoms with Crippen LogP contribution in [0.2, 0.25) is 0 Å². The van der Waals surface area contributed by atoms with Crippen LogP contribution in [0.25, 0.3) is 10.9 Å². The van der Waals surface area contributed by atoms with Crippen molar-refractivity contribution in [2.75, 3.05) is 18.8 Å². The molecule has 1 saturated heterocycles. The van der Waals surface area contributed by atoms with Crippen molar-refractivity contribution in [3.05, 3.63) is 35.5 Å². The number of rotatable bonds is 5. The Labute approximate surface area is 136 Å². The van der Waals surface area contributed by atoms with Gasteiger partial charge < -0.3 is 9.88 Å². The average Bonchev–Trinajstić information content (AvgIpc) is 2.85. The number of nitrogens with zero attached hydrogens (tertiary/aromatic N) is 1. The van der Waals surface area contributed by atoms with Crippen LogP contribution in [0.15, 0.2) is 24.4 Å². The monoisotopic (exact) mass is 334 g/mol. The summed E-state index contributed by atoms with van der Waals surface area (Å²) >= 11 is 0. The molecule has 0 atom stereocenters. The number of hydrogen-bond acceptors (Lipinski definition) is 3. The van der Waals surface area contributed by atoms with E-state index in [-0.39, 0.29) is 16.9 Å². The molecule has 0 aliphatic carbocycles. The maximum atomic E-state index is 12.2. The smallest absolute Gasteiger partial charge is 0.222 e. The van der Waals surface area contributed by atoms with Crippen molar-refractivity contribution in [2.45, 2.75) is 31.9 Å². The Morgan fingerprint density at radius 1 is 1.35 bits per heavy atom. The summed E-state index contributed by atoms with van der Waals surface area (Å²) in [4.78, 5) is 17.1. The molecule has 1 N–H and O–H groups in total. The second-order valence-corrected chi connectivity index (χ2v) is 8.80. The van der Waals surface area contributed by atoms with E-state index in [1.54, 1.807) is 11.8 Å². The Morgan fingerprint density at radius 3 is 2.78 bits per heavy atom. The van der Waals surface area contributed by atoms with Crippen LogP contribution in [0.1, 0.15) is 24.5 Å². The molecule has 0 spiro atoms. The van der Waals surface area contributed by atoms with Crippen molar-refractivity contribution in [2.24, 2.45) is 0 Å². The van der Waals surface area contributed by atoms with Crippen LogP contribution < -0.4 is 0 Å². The number of likely N-dealkylation sites (tertiary alicyclic amines) is 1. The minimum Gasteiger partial charge on any atom is -0.361 e. The molecule has 5 nitrogen and oxygen atoms in total. The van der Waals surface area contributed by atoms with Gasteiger partial charge in [0.2, 0.25) is 5.91 Å². The number of aryl methyl sites for hydroxylation is 2. The van der Waals surface area contributed by atoms with Crippen molar-refractivity contribution in [1.82, 2.24) is 9.88 Å². The molecule has 2 heterocycles. The van der Waals surface area contributed by atoms with Crippen LogP contribution in [0.5, 0.6) is 0 Å². The Bertz CT molecular complexity index is 833. The molecule has 124 valence electrons. The number of nitrogens with one attached hydrogen (secondary N) is 1. The fourth-order valence-electron chi connectivity index (χ4n) is 3.00. The summed E-state index contributed by atoms with van der Waals surface area (Å²) in [5.41, 5.74) is 3.41. The van der Waals surface area contributed by atoms with E-state index in [0.717, 1.165) is 16.5 Å². The highest BCUT2D eigenvalue weighted by Crippen LogP contribution is 2.23. The maximum absolute atomic E-state index is 12.2. The van der Waals surface area contributed by atoms with Gasteiger partial charge in [-0.15, -0.1) is 0 Å². The first-order chi connectivity index (χ1) is 10.9. The molecule has 1 aromatic carbocycles. The molecule has 0 unspecified atom stereocenters. The minimum atomic E-state index is -3.02. The van der Waals surface area contributed by atoms with Crippen LogP contribution in [0.3, 0.4) is 0 Å². The van der Waals surface area contributed by atoms with Crippen molar-refractivity contribution in [3.63, 3.8) is 0 Å². The van der Waals surface area contributed by atoms with E-state index in [1.165, 1.54) is 5.56 Å². The molecule has 1 aromatic heterocycles. The Balaban J connectivity index is 1.59. The Morgan fingerprint density at radius 2 is 2.09 bits per heavy atom. The van der Waals surface area contributed by atoms with Crippen molar-refractivity contribution < 1.29 is 13.2 Å². The number of aromatic nitrogens is 1. The summed E-state index contributed by atoms with van der Waals surface area (Å²) < 4.78 is 23.5. The maximum Gasteiger partial charge on any atom is 0.222 e. The number of amides is 1. The third kappa shape index (κ3) is 3.13. The number of fused-ring (bicyclic) bond motifs is 1. The molecule has 1 amide bonds. The van der Waals surface area contributed by atoms with Gasteiger partial charge in [-0.3, -0.25) is 4.79 Å². The molecule has 1 aliphatic heterocycles. The van der Waals surface area contributed by atoms with Gasteiger partial charge in [-0.05, 0) is 31.0 Å². The SMILES string of the molecule is CCS(=O)(=O)C1CN(C(=O)CCc2c[nH]c3ccc(C)cc23)C1. The third-order valence-corrected chi connectivity index (χ3v) is 6.76. The van der Waals surface area contributed by atoms with Crippen LogP contribution in [0, 0.1) is 6.92 Å². The van der Waals surface area contributed by atoms with E-state index >= 15 is 0 Å². The quantitative estimate of drug-likeness (QED) is 0.910. The lowest BCUT2D eigenvalue weighted by atomic mass is 10.1. The van der Waals surface area contributed by atoms with Crippen molar-refractivity contribution in [3.8, 4) is 0 Å². The van der Waals surface area contributed by atoms with E-state index in [2.05, 4.69) is 24.0 Å². The molecule has 6 heteroatoms. The number of hydrogen-bond donors (Lipinski definition) is 1. The lowest BCUT2D eigenvalue weighted by Gasteiger charge is -2.38. The summed E-state index contributed by atoms with van der Waals surface area (Å²) in [6.45, 7) is 4.40. The van der Waals surface area contributed by atoms with Gasteiger partial charge in [0.25, 0.3) is 0 Å². The molecular formula is C17H22N2O3S. The minimum absolute atomic E-state index is 0.0366. The molecule has 2 aromatic rings. The molecule has 23 heavy (non-hydrogen) atoms. The van der Waals surface area contributed by atoms with E-state index in [1.807, 2.05) is 12.3 Å². The van der Waals surface area contributed by atoms with Crippen LogP contribution in [0.4, 0.5) is 0 Å². The third-order valence-electron chi connectivity index (χ3n) is 4.64. The van der Waals surface area contributed by atoms with Gasteiger partial charge in [0.1, 0.15) is 0 Å². The largest absolute Gasteiger partial charge is 0.361 e. The summed E-state index contributed by atoms with van der Waals surface area (Å²) in [7, 11) is -3.02. The summed E-state index contributed by atoms with van der Waals surface area (Å²) in [5.74, 6) is 0.184. The Kier molecular flexibility index (Phi) is 4.19. The molecule has 3 rings (SSSR count). The highest BCUT2D eigenvalue weighted by molar-refractivity contribution is 7.92. The number of carbonyl (C=O) groups is 1. The first-order valence-corrected chi connectivity index (χ1v) is 9.68. The number of benzene rings is 1. The predicted octanol–water partition coefficient (Wildman–Crippen LogP) is 2.05. The number of carbonyl (C=O) groups excluding carboxylic acids is 1. The average molecular weight is 334 g/mol. The summed E-state index contributed by atoms with van der Waals surface area (Å²) in [5, 5.41) is 0.792. The highest BCUT2D eigenvalue weighted by atomic mass is 32.2. The lowest BCUT2D eigenvalue weighted by Crippen LogP contribution is -2.57. The number of aromatic amines is 1. The van der Waals surface area contributed by atoms with Crippen LogP contribution in [-0.2, 0) is 21.1 Å². The Hall–Kier alpha value is -1.82. The normalized spacial score (nSPS) is 15.8. The number of H-pyrrole nitrogens is 1. The molecule has 1 aliphatic rings. The van der Waals surface area contributed by atoms with Gasteiger partial charge >= 0.3 is 0 Å². The zero-order chi connectivity index (χ0) is 16.6. The fourth-order valence-corrected chi connectivity index (χ4v) is 4.29. The molecule has 0 saturated carbocycles. The zero-order valence-corrected chi connectivity index (χ0v) is 14.3. The number of sulfone groups is 1. The standard InChI is InChI=1S/C17H22N2O3S/c1-3-23(21,22)14-10-19(11-14)17(20)7-5-13-9-18-16-6-4-12(2)8-15(13)16/h4,6,8-9,14,18H,3,5,7,10-11H2,1-2H3. The lowest BCUT2D eigenvalue weighted by molar-refractivity contribution is -0.134. The zero-order valence-electron chi connectivity index (χ0n) is 13.5.